The van der Waals surface area contributed by atoms with Gasteiger partial charge in [-0.1, -0.05) is 56.3 Å². The lowest BCUT2D eigenvalue weighted by Gasteiger charge is -2.24. The van der Waals surface area contributed by atoms with Crippen LogP contribution < -0.4 is 10.6 Å². The maximum atomic E-state index is 12.7. The van der Waals surface area contributed by atoms with E-state index in [-0.39, 0.29) is 11.3 Å². The Bertz CT molecular complexity index is 903. The van der Waals surface area contributed by atoms with Gasteiger partial charge in [-0.3, -0.25) is 9.59 Å². The summed E-state index contributed by atoms with van der Waals surface area (Å²) in [5.74, 6) is -0.960. The van der Waals surface area contributed by atoms with Crippen molar-refractivity contribution in [2.75, 3.05) is 5.32 Å². The van der Waals surface area contributed by atoms with Crippen molar-refractivity contribution in [1.82, 2.24) is 5.32 Å². The van der Waals surface area contributed by atoms with Crippen LogP contribution in [0.3, 0.4) is 0 Å². The molecule has 2 aromatic carbocycles. The van der Waals surface area contributed by atoms with E-state index < -0.39 is 17.4 Å². The highest BCUT2D eigenvalue weighted by molar-refractivity contribution is 6.24. The monoisotopic (exact) mass is 378 g/mol. The van der Waals surface area contributed by atoms with Gasteiger partial charge >= 0.3 is 0 Å². The molecule has 2 atom stereocenters. The third-order valence-electron chi connectivity index (χ3n) is 5.35. The van der Waals surface area contributed by atoms with Gasteiger partial charge in [-0.05, 0) is 42.5 Å². The molecule has 0 aliphatic carbocycles. The molecular formula is C23H26N2O3. The highest BCUT2D eigenvalue weighted by Gasteiger charge is 2.44. The minimum Gasteiger partial charge on any atom is -0.509 e. The summed E-state index contributed by atoms with van der Waals surface area (Å²) in [7, 11) is 0. The zero-order chi connectivity index (χ0) is 20.3. The van der Waals surface area contributed by atoms with Gasteiger partial charge in [-0.25, -0.2) is 0 Å². The zero-order valence-electron chi connectivity index (χ0n) is 16.5. The molecule has 5 heteroatoms. The standard InChI is InChI=1S/C23H26N2O3/c1-4-15(2)17-10-12-18(13-11-17)24-21(27)19-20(26)23(3,25-22(19)28)14-16-8-6-5-7-9-16/h5-13,15,26H,4,14H2,1-3H3,(H,24,27)(H,25,28). The second-order valence-corrected chi connectivity index (χ2v) is 7.56. The summed E-state index contributed by atoms with van der Waals surface area (Å²) in [6, 6.07) is 17.1. The van der Waals surface area contributed by atoms with E-state index in [9.17, 15) is 14.7 Å². The minimum atomic E-state index is -1.01. The Morgan fingerprint density at radius 2 is 1.79 bits per heavy atom. The number of benzene rings is 2. The normalized spacial score (nSPS) is 20.0. The van der Waals surface area contributed by atoms with Gasteiger partial charge in [-0.2, -0.15) is 0 Å². The van der Waals surface area contributed by atoms with E-state index in [0.29, 0.717) is 18.0 Å². The number of hydrogen-bond acceptors (Lipinski definition) is 3. The first kappa shape index (κ1) is 19.7. The van der Waals surface area contributed by atoms with Crippen molar-refractivity contribution in [3.05, 3.63) is 77.1 Å². The summed E-state index contributed by atoms with van der Waals surface area (Å²) < 4.78 is 0. The SMILES string of the molecule is CCC(C)c1ccc(NC(=O)C2=C(O)C(C)(Cc3ccccc3)NC2=O)cc1. The van der Waals surface area contributed by atoms with Crippen molar-refractivity contribution in [2.45, 2.75) is 45.1 Å². The third-order valence-corrected chi connectivity index (χ3v) is 5.35. The molecule has 1 aliphatic heterocycles. The first-order chi connectivity index (χ1) is 13.3. The van der Waals surface area contributed by atoms with Crippen LogP contribution in [0.1, 0.15) is 44.2 Å². The smallest absolute Gasteiger partial charge is 0.264 e. The third kappa shape index (κ3) is 3.93. The molecule has 3 N–H and O–H groups in total. The fourth-order valence-electron chi connectivity index (χ4n) is 3.42. The summed E-state index contributed by atoms with van der Waals surface area (Å²) in [4.78, 5) is 25.1. The van der Waals surface area contributed by atoms with Crippen LogP contribution in [0.25, 0.3) is 0 Å². The predicted molar refractivity (Wildman–Crippen MR) is 110 cm³/mol. The van der Waals surface area contributed by atoms with Gasteiger partial charge in [0, 0.05) is 12.1 Å². The van der Waals surface area contributed by atoms with E-state index in [0.717, 1.165) is 12.0 Å². The lowest BCUT2D eigenvalue weighted by molar-refractivity contribution is -0.121. The van der Waals surface area contributed by atoms with E-state index in [1.54, 1.807) is 6.92 Å². The number of nitrogens with one attached hydrogen (secondary N) is 2. The van der Waals surface area contributed by atoms with Crippen LogP contribution in [0.5, 0.6) is 0 Å². The van der Waals surface area contributed by atoms with Crippen LogP contribution >= 0.6 is 0 Å². The zero-order valence-corrected chi connectivity index (χ0v) is 16.5. The van der Waals surface area contributed by atoms with E-state index in [1.165, 1.54) is 5.56 Å². The quantitative estimate of drug-likeness (QED) is 0.663. The van der Waals surface area contributed by atoms with Gasteiger partial charge < -0.3 is 15.7 Å². The van der Waals surface area contributed by atoms with Gasteiger partial charge in [-0.15, -0.1) is 0 Å². The minimum absolute atomic E-state index is 0.227. The molecule has 0 spiro atoms. The van der Waals surface area contributed by atoms with E-state index >= 15 is 0 Å². The van der Waals surface area contributed by atoms with Crippen LogP contribution in [-0.4, -0.2) is 22.5 Å². The highest BCUT2D eigenvalue weighted by Crippen LogP contribution is 2.29. The largest absolute Gasteiger partial charge is 0.509 e. The van der Waals surface area contributed by atoms with Crippen molar-refractivity contribution >= 4 is 17.5 Å². The van der Waals surface area contributed by atoms with E-state index in [2.05, 4.69) is 24.5 Å². The second-order valence-electron chi connectivity index (χ2n) is 7.56. The van der Waals surface area contributed by atoms with Gasteiger partial charge in [0.15, 0.2) is 0 Å². The second kappa shape index (κ2) is 7.89. The number of hydrogen-bond donors (Lipinski definition) is 3. The average molecular weight is 378 g/mol. The average Bonchev–Trinajstić information content (AvgIpc) is 2.90. The van der Waals surface area contributed by atoms with Crippen LogP contribution in [0.4, 0.5) is 5.69 Å². The van der Waals surface area contributed by atoms with Gasteiger partial charge in [0.25, 0.3) is 11.8 Å². The molecule has 1 heterocycles. The molecule has 0 fully saturated rings. The molecule has 0 saturated carbocycles. The molecule has 3 rings (SSSR count). The molecule has 0 radical (unpaired) electrons. The molecule has 1 aliphatic rings. The van der Waals surface area contributed by atoms with Crippen LogP contribution in [0.2, 0.25) is 0 Å². The predicted octanol–water partition coefficient (Wildman–Crippen LogP) is 4.08. The summed E-state index contributed by atoms with van der Waals surface area (Å²) in [6.45, 7) is 5.99. The molecule has 0 saturated heterocycles. The summed E-state index contributed by atoms with van der Waals surface area (Å²) in [5, 5.41) is 16.1. The molecule has 0 bridgehead atoms. The number of anilines is 1. The molecular weight excluding hydrogens is 352 g/mol. The Morgan fingerprint density at radius 1 is 1.14 bits per heavy atom. The summed E-state index contributed by atoms with van der Waals surface area (Å²) >= 11 is 0. The van der Waals surface area contributed by atoms with Crippen molar-refractivity contribution < 1.29 is 14.7 Å². The molecule has 2 amide bonds. The first-order valence-corrected chi connectivity index (χ1v) is 9.55. The Hall–Kier alpha value is -3.08. The summed E-state index contributed by atoms with van der Waals surface area (Å²) in [5.41, 5.74) is 1.49. The fraction of sp³-hybridized carbons (Fsp3) is 0.304. The van der Waals surface area contributed by atoms with Crippen molar-refractivity contribution in [1.29, 1.82) is 0 Å². The molecule has 2 aromatic rings. The number of carbonyl (C=O) groups is 2. The first-order valence-electron chi connectivity index (χ1n) is 9.55. The number of aliphatic hydroxyl groups is 1. The fourth-order valence-corrected chi connectivity index (χ4v) is 3.42. The number of rotatable bonds is 6. The van der Waals surface area contributed by atoms with E-state index in [1.807, 2.05) is 54.6 Å². The van der Waals surface area contributed by atoms with E-state index in [4.69, 9.17) is 0 Å². The molecule has 146 valence electrons. The lowest BCUT2D eigenvalue weighted by atomic mass is 9.91. The molecule has 2 unspecified atom stereocenters. The molecule has 0 aromatic heterocycles. The van der Waals surface area contributed by atoms with Crippen LogP contribution in [-0.2, 0) is 16.0 Å². The maximum Gasteiger partial charge on any atom is 0.264 e. The van der Waals surface area contributed by atoms with Gasteiger partial charge in [0.05, 0.1) is 5.54 Å². The Balaban J connectivity index is 1.78. The summed E-state index contributed by atoms with van der Waals surface area (Å²) in [6.07, 6.45) is 1.43. The number of carbonyl (C=O) groups excluding carboxylic acids is 2. The Labute approximate surface area is 165 Å². The van der Waals surface area contributed by atoms with Crippen molar-refractivity contribution in [3.8, 4) is 0 Å². The Kier molecular flexibility index (Phi) is 5.54. The number of amides is 2. The molecule has 28 heavy (non-hydrogen) atoms. The maximum absolute atomic E-state index is 12.7. The van der Waals surface area contributed by atoms with Crippen LogP contribution in [0, 0.1) is 0 Å². The Morgan fingerprint density at radius 3 is 2.39 bits per heavy atom. The van der Waals surface area contributed by atoms with Crippen LogP contribution in [0.15, 0.2) is 65.9 Å². The lowest BCUT2D eigenvalue weighted by Crippen LogP contribution is -2.43. The molecule has 5 nitrogen and oxygen atoms in total. The topological polar surface area (TPSA) is 78.4 Å². The van der Waals surface area contributed by atoms with Crippen molar-refractivity contribution in [3.63, 3.8) is 0 Å². The van der Waals surface area contributed by atoms with Crippen molar-refractivity contribution in [2.24, 2.45) is 0 Å². The van der Waals surface area contributed by atoms with Gasteiger partial charge in [0.1, 0.15) is 11.3 Å². The number of aliphatic hydroxyl groups excluding tert-OH is 1. The highest BCUT2D eigenvalue weighted by atomic mass is 16.3. The van der Waals surface area contributed by atoms with Gasteiger partial charge in [0.2, 0.25) is 0 Å².